The summed E-state index contributed by atoms with van der Waals surface area (Å²) in [6.45, 7) is 2.74. The average Bonchev–Trinajstić information content (AvgIpc) is 2.25. The Bertz CT molecular complexity index is 379. The van der Waals surface area contributed by atoms with Crippen molar-refractivity contribution in [1.82, 2.24) is 9.88 Å². The highest BCUT2D eigenvalue weighted by Crippen LogP contribution is 2.20. The molecule has 0 spiro atoms. The smallest absolute Gasteiger partial charge is 0.147 e. The molecule has 0 aromatic carbocycles. The Hall–Kier alpha value is -0.800. The van der Waals surface area contributed by atoms with Gasteiger partial charge in [-0.3, -0.25) is 4.99 Å². The number of hydrogen-bond acceptors (Lipinski definition) is 3. The Morgan fingerprint density at radius 1 is 1.40 bits per heavy atom. The predicted molar refractivity (Wildman–Crippen MR) is 62.6 cm³/mol. The van der Waals surface area contributed by atoms with Gasteiger partial charge < -0.3 is 4.90 Å². The van der Waals surface area contributed by atoms with E-state index in [2.05, 4.69) is 14.9 Å². The minimum atomic E-state index is 0.354. The lowest BCUT2D eigenvalue weighted by molar-refractivity contribution is 0.401. The molecule has 0 saturated carbocycles. The van der Waals surface area contributed by atoms with Gasteiger partial charge in [0.1, 0.15) is 5.15 Å². The van der Waals surface area contributed by atoms with Crippen molar-refractivity contribution in [2.24, 2.45) is 4.99 Å². The SMILES string of the molecule is Clc1cc(CN2C=NCCC2)cnc1Cl. The Kier molecular flexibility index (Phi) is 3.44. The second-order valence-electron chi connectivity index (χ2n) is 3.46. The van der Waals surface area contributed by atoms with Crippen molar-refractivity contribution in [2.45, 2.75) is 13.0 Å². The molecule has 0 atom stereocenters. The highest BCUT2D eigenvalue weighted by Gasteiger charge is 2.07. The molecule has 1 aliphatic heterocycles. The lowest BCUT2D eigenvalue weighted by Gasteiger charge is -2.22. The maximum atomic E-state index is 5.88. The predicted octanol–water partition coefficient (Wildman–Crippen LogP) is 2.62. The Labute approximate surface area is 98.7 Å². The second-order valence-corrected chi connectivity index (χ2v) is 4.23. The Balaban J connectivity index is 2.07. The maximum Gasteiger partial charge on any atom is 0.147 e. The fourth-order valence-corrected chi connectivity index (χ4v) is 1.79. The van der Waals surface area contributed by atoms with Gasteiger partial charge in [0.25, 0.3) is 0 Å². The molecular weight excluding hydrogens is 233 g/mol. The van der Waals surface area contributed by atoms with Crippen molar-refractivity contribution in [3.63, 3.8) is 0 Å². The van der Waals surface area contributed by atoms with Crippen molar-refractivity contribution >= 4 is 29.5 Å². The van der Waals surface area contributed by atoms with Crippen LogP contribution in [0.4, 0.5) is 0 Å². The molecule has 0 amide bonds. The van der Waals surface area contributed by atoms with Gasteiger partial charge >= 0.3 is 0 Å². The number of nitrogens with zero attached hydrogens (tertiary/aromatic N) is 3. The van der Waals surface area contributed by atoms with E-state index < -0.39 is 0 Å². The summed E-state index contributed by atoms with van der Waals surface area (Å²) in [7, 11) is 0. The summed E-state index contributed by atoms with van der Waals surface area (Å²) >= 11 is 11.6. The summed E-state index contributed by atoms with van der Waals surface area (Å²) in [6.07, 6.45) is 4.73. The standard InChI is InChI=1S/C10H11Cl2N3/c11-9-4-8(5-14-10(9)12)6-15-3-1-2-13-7-15/h4-5,7H,1-3,6H2. The van der Waals surface area contributed by atoms with E-state index in [-0.39, 0.29) is 0 Å². The van der Waals surface area contributed by atoms with Crippen LogP contribution in [0.2, 0.25) is 10.2 Å². The normalized spacial score (nSPS) is 15.7. The number of halogens is 2. The molecule has 1 aromatic heterocycles. The molecule has 0 N–H and O–H groups in total. The zero-order chi connectivity index (χ0) is 10.7. The summed E-state index contributed by atoms with van der Waals surface area (Å²) in [5, 5.41) is 0.857. The van der Waals surface area contributed by atoms with Gasteiger partial charge in [0.2, 0.25) is 0 Å². The van der Waals surface area contributed by atoms with Crippen LogP contribution in [0.15, 0.2) is 17.3 Å². The van der Waals surface area contributed by atoms with Crippen LogP contribution in [-0.2, 0) is 6.54 Å². The van der Waals surface area contributed by atoms with Gasteiger partial charge in [-0.05, 0) is 18.1 Å². The summed E-state index contributed by atoms with van der Waals surface area (Å²) < 4.78 is 0. The molecule has 1 aromatic rings. The van der Waals surface area contributed by atoms with Crippen LogP contribution in [0, 0.1) is 0 Å². The van der Waals surface area contributed by atoms with Crippen molar-refractivity contribution in [2.75, 3.05) is 13.1 Å². The number of hydrogen-bond donors (Lipinski definition) is 0. The third-order valence-corrected chi connectivity index (χ3v) is 2.90. The highest BCUT2D eigenvalue weighted by atomic mass is 35.5. The van der Waals surface area contributed by atoms with Gasteiger partial charge in [-0.2, -0.15) is 0 Å². The molecule has 2 rings (SSSR count). The monoisotopic (exact) mass is 243 g/mol. The van der Waals surface area contributed by atoms with Crippen LogP contribution in [-0.4, -0.2) is 29.3 Å². The third kappa shape index (κ3) is 2.83. The second kappa shape index (κ2) is 4.81. The van der Waals surface area contributed by atoms with Crippen molar-refractivity contribution in [3.05, 3.63) is 28.0 Å². The molecule has 1 aliphatic rings. The van der Waals surface area contributed by atoms with E-state index in [1.807, 2.05) is 12.4 Å². The first-order chi connectivity index (χ1) is 7.25. The minimum Gasteiger partial charge on any atom is -0.359 e. The third-order valence-electron chi connectivity index (χ3n) is 2.22. The van der Waals surface area contributed by atoms with Gasteiger partial charge in [-0.15, -0.1) is 0 Å². The molecule has 2 heterocycles. The van der Waals surface area contributed by atoms with Crippen molar-refractivity contribution < 1.29 is 0 Å². The number of aromatic nitrogens is 1. The van der Waals surface area contributed by atoms with Gasteiger partial charge in [0.05, 0.1) is 11.4 Å². The van der Waals surface area contributed by atoms with Gasteiger partial charge in [0, 0.05) is 25.8 Å². The highest BCUT2D eigenvalue weighted by molar-refractivity contribution is 6.41. The van der Waals surface area contributed by atoms with Crippen LogP contribution in [0.3, 0.4) is 0 Å². The largest absolute Gasteiger partial charge is 0.359 e. The van der Waals surface area contributed by atoms with Crippen LogP contribution >= 0.6 is 23.2 Å². The molecule has 5 heteroatoms. The van der Waals surface area contributed by atoms with E-state index in [1.54, 1.807) is 6.20 Å². The quantitative estimate of drug-likeness (QED) is 0.748. The number of aliphatic imine (C=N–C) groups is 1. The zero-order valence-electron chi connectivity index (χ0n) is 8.16. The van der Waals surface area contributed by atoms with Gasteiger partial charge in [-0.25, -0.2) is 4.98 Å². The van der Waals surface area contributed by atoms with E-state index in [4.69, 9.17) is 23.2 Å². The summed E-state index contributed by atoms with van der Waals surface area (Å²) in [5.74, 6) is 0. The molecule has 0 fully saturated rings. The van der Waals surface area contributed by atoms with Crippen LogP contribution < -0.4 is 0 Å². The Morgan fingerprint density at radius 2 is 2.27 bits per heavy atom. The summed E-state index contributed by atoms with van der Waals surface area (Å²) in [5.41, 5.74) is 1.05. The van der Waals surface area contributed by atoms with Crippen LogP contribution in [0.5, 0.6) is 0 Å². The first kappa shape index (κ1) is 10.7. The lowest BCUT2D eigenvalue weighted by atomic mass is 10.2. The topological polar surface area (TPSA) is 28.5 Å². The van der Waals surface area contributed by atoms with E-state index in [9.17, 15) is 0 Å². The van der Waals surface area contributed by atoms with Gasteiger partial charge in [0.15, 0.2) is 0 Å². The van der Waals surface area contributed by atoms with Gasteiger partial charge in [-0.1, -0.05) is 23.2 Å². The molecule has 15 heavy (non-hydrogen) atoms. The van der Waals surface area contributed by atoms with E-state index in [0.29, 0.717) is 10.2 Å². The molecule has 0 aliphatic carbocycles. The molecule has 0 unspecified atom stereocenters. The fraction of sp³-hybridized carbons (Fsp3) is 0.400. The first-order valence-corrected chi connectivity index (χ1v) is 5.55. The molecule has 3 nitrogen and oxygen atoms in total. The molecule has 0 saturated heterocycles. The van der Waals surface area contributed by atoms with E-state index >= 15 is 0 Å². The van der Waals surface area contributed by atoms with Crippen molar-refractivity contribution in [1.29, 1.82) is 0 Å². The Morgan fingerprint density at radius 3 is 2.93 bits per heavy atom. The minimum absolute atomic E-state index is 0.354. The average molecular weight is 244 g/mol. The summed E-state index contributed by atoms with van der Waals surface area (Å²) in [4.78, 5) is 10.4. The molecule has 80 valence electrons. The van der Waals surface area contributed by atoms with Crippen molar-refractivity contribution in [3.8, 4) is 0 Å². The van der Waals surface area contributed by atoms with Crippen LogP contribution in [0.1, 0.15) is 12.0 Å². The van der Waals surface area contributed by atoms with Crippen LogP contribution in [0.25, 0.3) is 0 Å². The molecule has 0 bridgehead atoms. The lowest BCUT2D eigenvalue weighted by Crippen LogP contribution is -2.26. The first-order valence-electron chi connectivity index (χ1n) is 4.79. The fourth-order valence-electron chi connectivity index (χ4n) is 1.50. The zero-order valence-corrected chi connectivity index (χ0v) is 9.67. The number of rotatable bonds is 2. The molecule has 0 radical (unpaired) electrons. The van der Waals surface area contributed by atoms with E-state index in [1.165, 1.54) is 0 Å². The maximum absolute atomic E-state index is 5.88. The van der Waals surface area contributed by atoms with E-state index in [0.717, 1.165) is 31.6 Å². The summed E-state index contributed by atoms with van der Waals surface area (Å²) in [6, 6.07) is 1.85. The number of pyridine rings is 1. The molecular formula is C10H11Cl2N3.